The van der Waals surface area contributed by atoms with Gasteiger partial charge in [0.25, 0.3) is 5.69 Å². The topological polar surface area (TPSA) is 94.1 Å². The van der Waals surface area contributed by atoms with Gasteiger partial charge < -0.3 is 11.1 Å². The van der Waals surface area contributed by atoms with Crippen molar-refractivity contribution in [2.75, 3.05) is 11.1 Å². The zero-order valence-electron chi connectivity index (χ0n) is 11.8. The molecule has 0 aliphatic carbocycles. The van der Waals surface area contributed by atoms with E-state index >= 15 is 0 Å². The highest BCUT2D eigenvalue weighted by Gasteiger charge is 2.11. The highest BCUT2D eigenvalue weighted by atomic mass is 16.6. The summed E-state index contributed by atoms with van der Waals surface area (Å²) in [4.78, 5) is 14.4. The average molecular weight is 286 g/mol. The first-order chi connectivity index (χ1) is 10.0. The number of aromatic nitrogens is 1. The zero-order chi connectivity index (χ0) is 15.2. The molecule has 1 aromatic heterocycles. The number of nitrogen functional groups attached to an aromatic ring is 1. The second kappa shape index (κ2) is 6.69. The minimum absolute atomic E-state index is 0.0553. The van der Waals surface area contributed by atoms with Crippen molar-refractivity contribution in [3.05, 3.63) is 58.1 Å². The van der Waals surface area contributed by atoms with Gasteiger partial charge in [-0.15, -0.1) is 0 Å². The molecule has 0 radical (unpaired) electrons. The van der Waals surface area contributed by atoms with Crippen molar-refractivity contribution in [2.24, 2.45) is 0 Å². The van der Waals surface area contributed by atoms with Crippen LogP contribution in [0.2, 0.25) is 0 Å². The fraction of sp³-hybridized carbons (Fsp3) is 0.267. The molecule has 2 rings (SSSR count). The van der Waals surface area contributed by atoms with Gasteiger partial charge in [0, 0.05) is 6.04 Å². The van der Waals surface area contributed by atoms with Crippen molar-refractivity contribution in [1.29, 1.82) is 0 Å². The van der Waals surface area contributed by atoms with Crippen LogP contribution in [0, 0.1) is 10.1 Å². The number of aryl methyl sites for hydroxylation is 1. The lowest BCUT2D eigenvalue weighted by Gasteiger charge is -2.14. The van der Waals surface area contributed by atoms with Gasteiger partial charge in [-0.25, -0.2) is 4.98 Å². The number of nitrogens with one attached hydrogen (secondary N) is 1. The molecule has 0 saturated carbocycles. The lowest BCUT2D eigenvalue weighted by Crippen LogP contribution is -2.17. The van der Waals surface area contributed by atoms with Crippen LogP contribution in [0.25, 0.3) is 0 Å². The number of rotatable bonds is 6. The molecule has 6 heteroatoms. The number of benzene rings is 1. The van der Waals surface area contributed by atoms with Gasteiger partial charge in [-0.3, -0.25) is 10.1 Å². The Labute approximate surface area is 123 Å². The molecule has 110 valence electrons. The van der Waals surface area contributed by atoms with Crippen molar-refractivity contribution >= 4 is 17.3 Å². The second-order valence-corrected chi connectivity index (χ2v) is 4.96. The smallest absolute Gasteiger partial charge is 0.276 e. The van der Waals surface area contributed by atoms with Crippen molar-refractivity contribution in [3.8, 4) is 0 Å². The van der Waals surface area contributed by atoms with Gasteiger partial charge in [0.05, 0.1) is 17.1 Å². The number of anilines is 2. The van der Waals surface area contributed by atoms with Crippen LogP contribution in [0.3, 0.4) is 0 Å². The lowest BCUT2D eigenvalue weighted by atomic mass is 10.1. The highest BCUT2D eigenvalue weighted by Crippen LogP contribution is 2.20. The molecule has 21 heavy (non-hydrogen) atoms. The average Bonchev–Trinajstić information content (AvgIpc) is 2.45. The summed E-state index contributed by atoms with van der Waals surface area (Å²) in [7, 11) is 0. The maximum absolute atomic E-state index is 10.8. The Morgan fingerprint density at radius 2 is 2.05 bits per heavy atom. The first-order valence-corrected chi connectivity index (χ1v) is 6.77. The summed E-state index contributed by atoms with van der Waals surface area (Å²) in [6.45, 7) is 2.01. The van der Waals surface area contributed by atoms with Crippen molar-refractivity contribution in [2.45, 2.75) is 25.8 Å². The molecule has 0 bridgehead atoms. The monoisotopic (exact) mass is 286 g/mol. The quantitative estimate of drug-likeness (QED) is 0.628. The number of pyridine rings is 1. The van der Waals surface area contributed by atoms with E-state index in [1.165, 1.54) is 17.7 Å². The molecular formula is C15H18N4O2. The Kier molecular flexibility index (Phi) is 4.71. The van der Waals surface area contributed by atoms with Gasteiger partial charge in [0.15, 0.2) is 0 Å². The van der Waals surface area contributed by atoms with Gasteiger partial charge in [0.1, 0.15) is 11.6 Å². The predicted molar refractivity (Wildman–Crippen MR) is 83.2 cm³/mol. The maximum Gasteiger partial charge on any atom is 0.276 e. The number of nitrogens with two attached hydrogens (primary N) is 1. The minimum Gasteiger partial charge on any atom is -0.383 e. The molecule has 0 fully saturated rings. The van der Waals surface area contributed by atoms with E-state index in [4.69, 9.17) is 5.73 Å². The third kappa shape index (κ3) is 4.45. The van der Waals surface area contributed by atoms with Gasteiger partial charge in [-0.2, -0.15) is 0 Å². The van der Waals surface area contributed by atoms with E-state index in [9.17, 15) is 10.1 Å². The van der Waals surface area contributed by atoms with Gasteiger partial charge in [-0.1, -0.05) is 30.3 Å². The van der Waals surface area contributed by atoms with Crippen molar-refractivity contribution < 1.29 is 4.92 Å². The third-order valence-electron chi connectivity index (χ3n) is 3.14. The molecule has 0 amide bonds. The van der Waals surface area contributed by atoms with Crippen LogP contribution in [0.5, 0.6) is 0 Å². The Morgan fingerprint density at radius 3 is 2.71 bits per heavy atom. The molecule has 0 aliphatic rings. The molecule has 2 aromatic rings. The van der Waals surface area contributed by atoms with Crippen molar-refractivity contribution in [1.82, 2.24) is 4.98 Å². The normalized spacial score (nSPS) is 11.9. The van der Waals surface area contributed by atoms with Crippen LogP contribution in [0.15, 0.2) is 42.5 Å². The standard InChI is InChI=1S/C15H18N4O2/c1-11(7-8-12-5-3-2-4-6-12)17-15-10-13(19(20)21)9-14(16)18-15/h2-6,9-11H,7-8H2,1H3,(H3,16,17,18). The van der Waals surface area contributed by atoms with Gasteiger partial charge in [0.2, 0.25) is 0 Å². The third-order valence-corrected chi connectivity index (χ3v) is 3.14. The van der Waals surface area contributed by atoms with Crippen LogP contribution in [0.1, 0.15) is 18.9 Å². The molecule has 1 unspecified atom stereocenters. The molecule has 1 aromatic carbocycles. The van der Waals surface area contributed by atoms with Crippen LogP contribution >= 0.6 is 0 Å². The molecule has 0 spiro atoms. The van der Waals surface area contributed by atoms with E-state index in [1.54, 1.807) is 0 Å². The Morgan fingerprint density at radius 1 is 1.33 bits per heavy atom. The van der Waals surface area contributed by atoms with E-state index in [0.29, 0.717) is 5.82 Å². The number of nitro groups is 1. The summed E-state index contributed by atoms with van der Waals surface area (Å²) in [6.07, 6.45) is 1.83. The minimum atomic E-state index is -0.474. The van der Waals surface area contributed by atoms with Crippen LogP contribution in [-0.4, -0.2) is 15.9 Å². The first-order valence-electron chi connectivity index (χ1n) is 6.77. The molecule has 1 atom stereocenters. The van der Waals surface area contributed by atoms with Crippen LogP contribution in [0.4, 0.5) is 17.3 Å². The van der Waals surface area contributed by atoms with Gasteiger partial charge in [-0.05, 0) is 25.3 Å². The number of nitrogens with zero attached hydrogens (tertiary/aromatic N) is 2. The molecule has 0 saturated heterocycles. The molecule has 3 N–H and O–H groups in total. The predicted octanol–water partition coefficient (Wildman–Crippen LogP) is 3.01. The van der Waals surface area contributed by atoms with E-state index in [2.05, 4.69) is 22.4 Å². The second-order valence-electron chi connectivity index (χ2n) is 4.96. The molecule has 1 heterocycles. The molecular weight excluding hydrogens is 268 g/mol. The zero-order valence-corrected chi connectivity index (χ0v) is 11.8. The van der Waals surface area contributed by atoms with E-state index in [1.807, 2.05) is 25.1 Å². The first kappa shape index (κ1) is 14.8. The Balaban J connectivity index is 1.96. The summed E-state index contributed by atoms with van der Waals surface area (Å²) in [5.41, 5.74) is 6.79. The molecule has 0 aliphatic heterocycles. The van der Waals surface area contributed by atoms with Crippen LogP contribution < -0.4 is 11.1 Å². The fourth-order valence-electron chi connectivity index (χ4n) is 2.07. The van der Waals surface area contributed by atoms with Crippen LogP contribution in [-0.2, 0) is 6.42 Å². The lowest BCUT2D eigenvalue weighted by molar-refractivity contribution is -0.384. The van der Waals surface area contributed by atoms with E-state index in [0.717, 1.165) is 12.8 Å². The SMILES string of the molecule is CC(CCc1ccccc1)Nc1cc([N+](=O)[O-])cc(N)n1. The molecule has 6 nitrogen and oxygen atoms in total. The summed E-state index contributed by atoms with van der Waals surface area (Å²) < 4.78 is 0. The largest absolute Gasteiger partial charge is 0.383 e. The Hall–Kier alpha value is -2.63. The summed E-state index contributed by atoms with van der Waals surface area (Å²) in [5, 5.41) is 13.9. The summed E-state index contributed by atoms with van der Waals surface area (Å²) in [6, 6.07) is 13.0. The van der Waals surface area contributed by atoms with Gasteiger partial charge >= 0.3 is 0 Å². The highest BCUT2D eigenvalue weighted by molar-refractivity contribution is 5.53. The maximum atomic E-state index is 10.8. The van der Waals surface area contributed by atoms with E-state index < -0.39 is 4.92 Å². The summed E-state index contributed by atoms with van der Waals surface area (Å²) >= 11 is 0. The summed E-state index contributed by atoms with van der Waals surface area (Å²) in [5.74, 6) is 0.573. The number of hydrogen-bond acceptors (Lipinski definition) is 5. The Bertz CT molecular complexity index is 616. The van der Waals surface area contributed by atoms with Crippen molar-refractivity contribution in [3.63, 3.8) is 0 Å². The number of hydrogen-bond donors (Lipinski definition) is 2. The fourth-order valence-corrected chi connectivity index (χ4v) is 2.07. The van der Waals surface area contributed by atoms with E-state index in [-0.39, 0.29) is 17.5 Å².